The van der Waals surface area contributed by atoms with Crippen molar-refractivity contribution in [3.63, 3.8) is 0 Å². The second-order valence-corrected chi connectivity index (χ2v) is 7.76. The summed E-state index contributed by atoms with van der Waals surface area (Å²) in [5.74, 6) is -0.905. The van der Waals surface area contributed by atoms with E-state index < -0.39 is 0 Å². The van der Waals surface area contributed by atoms with E-state index in [1.165, 1.54) is 4.90 Å². The highest BCUT2D eigenvalue weighted by molar-refractivity contribution is 6.22. The maximum Gasteiger partial charge on any atom is 0.255 e. The highest BCUT2D eigenvalue weighted by Gasteiger charge is 2.48. The lowest BCUT2D eigenvalue weighted by Gasteiger charge is -2.19. The molecule has 1 aliphatic heterocycles. The van der Waals surface area contributed by atoms with Gasteiger partial charge in [-0.1, -0.05) is 31.0 Å². The number of aryl methyl sites for hydroxylation is 1. The Hall–Kier alpha value is -2.95. The number of rotatable bonds is 3. The SMILES string of the molecule is Cc1cccc(NC(=O)c2cccc(N3C(=O)[C@@H]4CCCC[C@H]4C3=O)c2)c1C. The van der Waals surface area contributed by atoms with Crippen LogP contribution < -0.4 is 10.2 Å². The van der Waals surface area contributed by atoms with Crippen LogP contribution in [0.2, 0.25) is 0 Å². The molecule has 2 fully saturated rings. The Kier molecular flexibility index (Phi) is 4.75. The molecule has 1 aliphatic carbocycles. The second-order valence-electron chi connectivity index (χ2n) is 7.76. The van der Waals surface area contributed by atoms with Crippen LogP contribution in [0.5, 0.6) is 0 Å². The molecule has 2 aromatic carbocycles. The van der Waals surface area contributed by atoms with E-state index in [-0.39, 0.29) is 29.6 Å². The maximum atomic E-state index is 12.8. The van der Waals surface area contributed by atoms with Crippen molar-refractivity contribution in [2.75, 3.05) is 10.2 Å². The van der Waals surface area contributed by atoms with Crippen LogP contribution in [0, 0.1) is 25.7 Å². The smallest absolute Gasteiger partial charge is 0.255 e. The molecule has 0 bridgehead atoms. The summed E-state index contributed by atoms with van der Waals surface area (Å²) in [6.45, 7) is 3.96. The monoisotopic (exact) mass is 376 g/mol. The minimum atomic E-state index is -0.257. The largest absolute Gasteiger partial charge is 0.322 e. The Morgan fingerprint density at radius 1 is 0.964 bits per heavy atom. The van der Waals surface area contributed by atoms with Crippen molar-refractivity contribution in [2.24, 2.45) is 11.8 Å². The first-order chi connectivity index (χ1) is 13.5. The van der Waals surface area contributed by atoms with E-state index in [0.717, 1.165) is 42.5 Å². The third-order valence-electron chi connectivity index (χ3n) is 6.06. The molecule has 5 nitrogen and oxygen atoms in total. The van der Waals surface area contributed by atoms with Gasteiger partial charge in [0.25, 0.3) is 5.91 Å². The van der Waals surface area contributed by atoms with Crippen molar-refractivity contribution < 1.29 is 14.4 Å². The first-order valence-corrected chi connectivity index (χ1v) is 9.83. The first kappa shape index (κ1) is 18.4. The predicted molar refractivity (Wildman–Crippen MR) is 108 cm³/mol. The molecule has 1 saturated heterocycles. The zero-order valence-electron chi connectivity index (χ0n) is 16.2. The van der Waals surface area contributed by atoms with Gasteiger partial charge in [0.15, 0.2) is 0 Å². The van der Waals surface area contributed by atoms with Crippen LogP contribution in [0.3, 0.4) is 0 Å². The van der Waals surface area contributed by atoms with E-state index in [2.05, 4.69) is 5.32 Å². The van der Waals surface area contributed by atoms with Crippen molar-refractivity contribution in [2.45, 2.75) is 39.5 Å². The summed E-state index contributed by atoms with van der Waals surface area (Å²) in [5.41, 5.74) is 3.78. The molecule has 0 spiro atoms. The van der Waals surface area contributed by atoms with Gasteiger partial charge in [0.1, 0.15) is 0 Å². The van der Waals surface area contributed by atoms with Crippen molar-refractivity contribution in [1.82, 2.24) is 0 Å². The number of hydrogen-bond acceptors (Lipinski definition) is 3. The summed E-state index contributed by atoms with van der Waals surface area (Å²) in [5, 5.41) is 2.93. The van der Waals surface area contributed by atoms with Crippen LogP contribution in [-0.4, -0.2) is 17.7 Å². The lowest BCUT2D eigenvalue weighted by Crippen LogP contribution is -2.31. The van der Waals surface area contributed by atoms with Gasteiger partial charge >= 0.3 is 0 Å². The van der Waals surface area contributed by atoms with Gasteiger partial charge in [0, 0.05) is 11.3 Å². The lowest BCUT2D eigenvalue weighted by molar-refractivity contribution is -0.122. The predicted octanol–water partition coefficient (Wildman–Crippen LogP) is 4.24. The van der Waals surface area contributed by atoms with Crippen molar-refractivity contribution in [1.29, 1.82) is 0 Å². The number of fused-ring (bicyclic) bond motifs is 1. The van der Waals surface area contributed by atoms with E-state index in [1.807, 2.05) is 32.0 Å². The zero-order valence-corrected chi connectivity index (χ0v) is 16.2. The van der Waals surface area contributed by atoms with E-state index in [1.54, 1.807) is 24.3 Å². The number of carbonyl (C=O) groups excluding carboxylic acids is 3. The molecule has 144 valence electrons. The van der Waals surface area contributed by atoms with Crippen molar-refractivity contribution >= 4 is 29.1 Å². The summed E-state index contributed by atoms with van der Waals surface area (Å²) in [6, 6.07) is 12.5. The number of carbonyl (C=O) groups is 3. The molecule has 1 heterocycles. The standard InChI is InChI=1S/C23H24N2O3/c1-14-7-5-12-20(15(14)2)24-21(26)16-8-6-9-17(13-16)25-22(27)18-10-3-4-11-19(18)23(25)28/h5-9,12-13,18-19H,3-4,10-11H2,1-2H3,(H,24,26)/t18-,19-/m1/s1. The average Bonchev–Trinajstić information content (AvgIpc) is 2.96. The molecule has 5 heteroatoms. The molecule has 1 N–H and O–H groups in total. The van der Waals surface area contributed by atoms with Gasteiger partial charge in [-0.15, -0.1) is 0 Å². The molecule has 0 unspecified atom stereocenters. The lowest BCUT2D eigenvalue weighted by atomic mass is 9.81. The molecule has 3 amide bonds. The first-order valence-electron chi connectivity index (χ1n) is 9.83. The Balaban J connectivity index is 1.59. The van der Waals surface area contributed by atoms with Gasteiger partial charge in [-0.25, -0.2) is 0 Å². The average molecular weight is 376 g/mol. The van der Waals surface area contributed by atoms with Crippen molar-refractivity contribution in [3.8, 4) is 0 Å². The Bertz CT molecular complexity index is 942. The number of imide groups is 1. The number of anilines is 2. The molecule has 1 saturated carbocycles. The Morgan fingerprint density at radius 2 is 1.61 bits per heavy atom. The van der Waals surface area contributed by atoms with E-state index in [4.69, 9.17) is 0 Å². The van der Waals surface area contributed by atoms with Crippen LogP contribution in [-0.2, 0) is 9.59 Å². The normalized spacial score (nSPS) is 21.6. The van der Waals surface area contributed by atoms with E-state index in [0.29, 0.717) is 11.3 Å². The molecule has 28 heavy (non-hydrogen) atoms. The quantitative estimate of drug-likeness (QED) is 0.815. The fourth-order valence-corrected chi connectivity index (χ4v) is 4.28. The molecule has 2 aromatic rings. The fraction of sp³-hybridized carbons (Fsp3) is 0.348. The summed E-state index contributed by atoms with van der Waals surface area (Å²) in [4.78, 5) is 39.7. The number of benzene rings is 2. The second kappa shape index (κ2) is 7.23. The van der Waals surface area contributed by atoms with Crippen LogP contribution in [0.1, 0.15) is 47.2 Å². The minimum Gasteiger partial charge on any atom is -0.322 e. The molecule has 0 radical (unpaired) electrons. The molecule has 4 rings (SSSR count). The van der Waals surface area contributed by atoms with Crippen LogP contribution >= 0.6 is 0 Å². The van der Waals surface area contributed by atoms with E-state index in [9.17, 15) is 14.4 Å². The summed E-state index contributed by atoms with van der Waals surface area (Å²) in [6.07, 6.45) is 3.54. The van der Waals surface area contributed by atoms with Gasteiger partial charge in [-0.05, 0) is 62.1 Å². The fourth-order valence-electron chi connectivity index (χ4n) is 4.28. The topological polar surface area (TPSA) is 66.5 Å². The molecule has 2 aliphatic rings. The van der Waals surface area contributed by atoms with Crippen LogP contribution in [0.4, 0.5) is 11.4 Å². The molecule has 2 atom stereocenters. The number of nitrogens with one attached hydrogen (secondary N) is 1. The van der Waals surface area contributed by atoms with Crippen LogP contribution in [0.25, 0.3) is 0 Å². The van der Waals surface area contributed by atoms with Crippen molar-refractivity contribution in [3.05, 3.63) is 59.2 Å². The third-order valence-corrected chi connectivity index (χ3v) is 6.06. The summed E-state index contributed by atoms with van der Waals surface area (Å²) < 4.78 is 0. The highest BCUT2D eigenvalue weighted by atomic mass is 16.2. The summed E-state index contributed by atoms with van der Waals surface area (Å²) >= 11 is 0. The van der Waals surface area contributed by atoms with Gasteiger partial charge in [-0.3, -0.25) is 19.3 Å². The number of nitrogens with zero attached hydrogens (tertiary/aromatic N) is 1. The van der Waals surface area contributed by atoms with Gasteiger partial charge in [0.2, 0.25) is 11.8 Å². The number of hydrogen-bond donors (Lipinski definition) is 1. The van der Waals surface area contributed by atoms with Gasteiger partial charge in [0.05, 0.1) is 17.5 Å². The number of amides is 3. The summed E-state index contributed by atoms with van der Waals surface area (Å²) in [7, 11) is 0. The molecule has 0 aromatic heterocycles. The zero-order chi connectivity index (χ0) is 19.8. The third kappa shape index (κ3) is 3.11. The van der Waals surface area contributed by atoms with Crippen LogP contribution in [0.15, 0.2) is 42.5 Å². The van der Waals surface area contributed by atoms with E-state index >= 15 is 0 Å². The minimum absolute atomic E-state index is 0.123. The molecular formula is C23H24N2O3. The van der Waals surface area contributed by atoms with Gasteiger partial charge < -0.3 is 5.32 Å². The maximum absolute atomic E-state index is 12.8. The Morgan fingerprint density at radius 3 is 2.29 bits per heavy atom. The highest BCUT2D eigenvalue weighted by Crippen LogP contribution is 2.40. The Labute approximate surface area is 164 Å². The van der Waals surface area contributed by atoms with Gasteiger partial charge in [-0.2, -0.15) is 0 Å². The molecular weight excluding hydrogens is 352 g/mol.